The first-order valence-corrected chi connectivity index (χ1v) is 9.21. The maximum absolute atomic E-state index is 12.2. The van der Waals surface area contributed by atoms with Crippen molar-refractivity contribution in [3.63, 3.8) is 0 Å². The summed E-state index contributed by atoms with van der Waals surface area (Å²) in [7, 11) is 0. The smallest absolute Gasteiger partial charge is 0.271 e. The zero-order chi connectivity index (χ0) is 18.6. The van der Waals surface area contributed by atoms with Crippen molar-refractivity contribution in [2.24, 2.45) is 0 Å². The summed E-state index contributed by atoms with van der Waals surface area (Å²) in [6.07, 6.45) is 6.05. The molecular formula is C18H23N7O2. The number of carbonyl (C=O) groups is 1. The van der Waals surface area contributed by atoms with Crippen LogP contribution in [-0.2, 0) is 17.7 Å². The second-order valence-corrected chi connectivity index (χ2v) is 6.36. The number of aromatic nitrogens is 5. The van der Waals surface area contributed by atoms with Crippen LogP contribution in [0.1, 0.15) is 23.2 Å². The lowest BCUT2D eigenvalue weighted by molar-refractivity contribution is 0.0918. The Kier molecular flexibility index (Phi) is 5.01. The summed E-state index contributed by atoms with van der Waals surface area (Å²) in [5.74, 6) is 1.70. The van der Waals surface area contributed by atoms with E-state index in [0.717, 1.165) is 48.7 Å². The lowest BCUT2D eigenvalue weighted by Gasteiger charge is -2.21. The SMILES string of the molecule is CCOCCNC(=O)c1cn2c(n1)CCN(c1ncnc3[nH]ccc13)CC2. The van der Waals surface area contributed by atoms with Crippen LogP contribution in [0.2, 0.25) is 0 Å². The Morgan fingerprint density at radius 1 is 1.33 bits per heavy atom. The first kappa shape index (κ1) is 17.5. The molecule has 0 aromatic carbocycles. The molecule has 9 nitrogen and oxygen atoms in total. The molecule has 0 spiro atoms. The van der Waals surface area contributed by atoms with Crippen LogP contribution in [0.4, 0.5) is 5.82 Å². The van der Waals surface area contributed by atoms with E-state index in [2.05, 4.69) is 34.7 Å². The molecule has 4 heterocycles. The van der Waals surface area contributed by atoms with Crippen LogP contribution < -0.4 is 10.2 Å². The van der Waals surface area contributed by atoms with Crippen LogP contribution in [-0.4, -0.2) is 63.3 Å². The minimum absolute atomic E-state index is 0.156. The van der Waals surface area contributed by atoms with Crippen molar-refractivity contribution in [3.05, 3.63) is 36.3 Å². The predicted molar refractivity (Wildman–Crippen MR) is 101 cm³/mol. The third-order valence-corrected chi connectivity index (χ3v) is 4.68. The normalized spacial score (nSPS) is 14.2. The minimum Gasteiger partial charge on any atom is -0.380 e. The molecule has 0 unspecified atom stereocenters. The van der Waals surface area contributed by atoms with E-state index in [1.807, 2.05) is 25.4 Å². The fraction of sp³-hybridized carbons (Fsp3) is 0.444. The highest BCUT2D eigenvalue weighted by Gasteiger charge is 2.21. The summed E-state index contributed by atoms with van der Waals surface area (Å²) in [6.45, 7) is 5.92. The van der Waals surface area contributed by atoms with Gasteiger partial charge in [0.25, 0.3) is 5.91 Å². The molecule has 3 aromatic rings. The Morgan fingerprint density at radius 2 is 2.26 bits per heavy atom. The highest BCUT2D eigenvalue weighted by molar-refractivity contribution is 5.92. The standard InChI is InChI=1S/C18H23N7O2/c1-2-27-10-6-20-18(26)14-11-25-9-8-24(7-4-15(25)23-14)17-13-3-5-19-16(13)21-12-22-17/h3,5,11-12H,2,4,6-10H2,1H3,(H,20,26)(H,19,21,22). The molecule has 0 saturated carbocycles. The van der Waals surface area contributed by atoms with Gasteiger partial charge >= 0.3 is 0 Å². The summed E-state index contributed by atoms with van der Waals surface area (Å²) < 4.78 is 7.30. The molecule has 142 valence electrons. The number of H-pyrrole nitrogens is 1. The summed E-state index contributed by atoms with van der Waals surface area (Å²) in [6, 6.07) is 2.00. The first-order chi connectivity index (χ1) is 13.3. The maximum Gasteiger partial charge on any atom is 0.271 e. The van der Waals surface area contributed by atoms with Crippen LogP contribution in [0, 0.1) is 0 Å². The molecule has 2 N–H and O–H groups in total. The summed E-state index contributed by atoms with van der Waals surface area (Å²) in [5, 5.41) is 3.86. The molecule has 0 aliphatic carbocycles. The number of hydrogen-bond donors (Lipinski definition) is 2. The second-order valence-electron chi connectivity index (χ2n) is 6.36. The molecule has 0 saturated heterocycles. The first-order valence-electron chi connectivity index (χ1n) is 9.21. The second kappa shape index (κ2) is 7.75. The molecular weight excluding hydrogens is 346 g/mol. The van der Waals surface area contributed by atoms with Gasteiger partial charge in [0.1, 0.15) is 29.3 Å². The van der Waals surface area contributed by atoms with Gasteiger partial charge < -0.3 is 24.5 Å². The summed E-state index contributed by atoms with van der Waals surface area (Å²) in [5.41, 5.74) is 1.30. The predicted octanol–water partition coefficient (Wildman–Crippen LogP) is 0.983. The van der Waals surface area contributed by atoms with E-state index < -0.39 is 0 Å². The largest absolute Gasteiger partial charge is 0.380 e. The van der Waals surface area contributed by atoms with E-state index in [4.69, 9.17) is 4.74 Å². The number of rotatable bonds is 6. The molecule has 4 rings (SSSR count). The third-order valence-electron chi connectivity index (χ3n) is 4.68. The lowest BCUT2D eigenvalue weighted by atomic mass is 10.3. The van der Waals surface area contributed by atoms with E-state index in [9.17, 15) is 4.79 Å². The van der Waals surface area contributed by atoms with Gasteiger partial charge in [-0.25, -0.2) is 15.0 Å². The van der Waals surface area contributed by atoms with Gasteiger partial charge in [0.2, 0.25) is 0 Å². The molecule has 0 bridgehead atoms. The minimum atomic E-state index is -0.156. The van der Waals surface area contributed by atoms with Crippen LogP contribution in [0.5, 0.6) is 0 Å². The Morgan fingerprint density at radius 3 is 3.15 bits per heavy atom. The van der Waals surface area contributed by atoms with E-state index >= 15 is 0 Å². The number of nitrogens with zero attached hydrogens (tertiary/aromatic N) is 5. The van der Waals surface area contributed by atoms with Crippen molar-refractivity contribution in [2.75, 3.05) is 37.7 Å². The number of hydrogen-bond acceptors (Lipinski definition) is 6. The fourth-order valence-electron chi connectivity index (χ4n) is 3.33. The van der Waals surface area contributed by atoms with E-state index in [1.165, 1.54) is 0 Å². The zero-order valence-electron chi connectivity index (χ0n) is 15.3. The van der Waals surface area contributed by atoms with Crippen molar-refractivity contribution < 1.29 is 9.53 Å². The lowest BCUT2D eigenvalue weighted by Crippen LogP contribution is -2.29. The van der Waals surface area contributed by atoms with Gasteiger partial charge in [-0.05, 0) is 13.0 Å². The van der Waals surface area contributed by atoms with Crippen LogP contribution in [0.15, 0.2) is 24.8 Å². The molecule has 27 heavy (non-hydrogen) atoms. The van der Waals surface area contributed by atoms with Crippen molar-refractivity contribution in [1.29, 1.82) is 0 Å². The average Bonchev–Trinajstić information content (AvgIpc) is 3.28. The molecule has 0 radical (unpaired) electrons. The van der Waals surface area contributed by atoms with E-state index in [1.54, 1.807) is 6.33 Å². The van der Waals surface area contributed by atoms with Gasteiger partial charge in [-0.3, -0.25) is 4.79 Å². The Labute approximate surface area is 156 Å². The van der Waals surface area contributed by atoms with Crippen molar-refractivity contribution in [2.45, 2.75) is 19.9 Å². The number of imidazole rings is 1. The van der Waals surface area contributed by atoms with Gasteiger partial charge in [-0.15, -0.1) is 0 Å². The number of ether oxygens (including phenoxy) is 1. The zero-order valence-corrected chi connectivity index (χ0v) is 15.3. The molecule has 9 heteroatoms. The number of amides is 1. The number of carbonyl (C=O) groups excluding carboxylic acids is 1. The van der Waals surface area contributed by atoms with Crippen molar-refractivity contribution in [3.8, 4) is 0 Å². The number of anilines is 1. The monoisotopic (exact) mass is 369 g/mol. The summed E-state index contributed by atoms with van der Waals surface area (Å²) >= 11 is 0. The van der Waals surface area contributed by atoms with Crippen LogP contribution >= 0.6 is 0 Å². The van der Waals surface area contributed by atoms with E-state index in [-0.39, 0.29) is 5.91 Å². The Bertz CT molecular complexity index is 907. The highest BCUT2D eigenvalue weighted by Crippen LogP contribution is 2.23. The summed E-state index contributed by atoms with van der Waals surface area (Å²) in [4.78, 5) is 30.9. The van der Waals surface area contributed by atoms with Crippen LogP contribution in [0.3, 0.4) is 0 Å². The van der Waals surface area contributed by atoms with Gasteiger partial charge in [0, 0.05) is 51.6 Å². The number of nitrogens with one attached hydrogen (secondary N) is 2. The van der Waals surface area contributed by atoms with Crippen molar-refractivity contribution >= 4 is 22.8 Å². The fourth-order valence-corrected chi connectivity index (χ4v) is 3.33. The maximum atomic E-state index is 12.2. The van der Waals surface area contributed by atoms with Gasteiger partial charge in [0.15, 0.2) is 0 Å². The molecule has 0 fully saturated rings. The Balaban J connectivity index is 1.43. The van der Waals surface area contributed by atoms with Crippen LogP contribution in [0.25, 0.3) is 11.0 Å². The molecule has 0 atom stereocenters. The van der Waals surface area contributed by atoms with Gasteiger partial charge in [-0.2, -0.15) is 0 Å². The molecule has 3 aromatic heterocycles. The Hall–Kier alpha value is -2.94. The van der Waals surface area contributed by atoms with Crippen molar-refractivity contribution in [1.82, 2.24) is 29.8 Å². The number of fused-ring (bicyclic) bond motifs is 2. The highest BCUT2D eigenvalue weighted by atomic mass is 16.5. The average molecular weight is 369 g/mol. The molecule has 1 amide bonds. The third kappa shape index (κ3) is 3.63. The van der Waals surface area contributed by atoms with Gasteiger partial charge in [-0.1, -0.05) is 0 Å². The quantitative estimate of drug-likeness (QED) is 0.628. The topological polar surface area (TPSA) is 101 Å². The van der Waals surface area contributed by atoms with Gasteiger partial charge in [0.05, 0.1) is 12.0 Å². The molecule has 1 aliphatic heterocycles. The molecule has 1 aliphatic rings. The van der Waals surface area contributed by atoms with E-state index in [0.29, 0.717) is 25.5 Å². The number of aromatic amines is 1.